The Morgan fingerprint density at radius 3 is 1.83 bits per heavy atom. The summed E-state index contributed by atoms with van der Waals surface area (Å²) in [4.78, 5) is 0. The highest BCUT2D eigenvalue weighted by Gasteiger charge is 2.30. The molecule has 0 fully saturated rings. The third kappa shape index (κ3) is 13.0. The van der Waals surface area contributed by atoms with E-state index >= 15 is 0 Å². The summed E-state index contributed by atoms with van der Waals surface area (Å²) in [7, 11) is 0. The summed E-state index contributed by atoms with van der Waals surface area (Å²) in [6, 6.07) is -0.763. The largest absolute Gasteiger partial charge is 0.381 e. The van der Waals surface area contributed by atoms with Crippen LogP contribution in [0.25, 0.3) is 0 Å². The summed E-state index contributed by atoms with van der Waals surface area (Å²) in [5.74, 6) is -1.89. The van der Waals surface area contributed by atoms with Crippen molar-refractivity contribution >= 4 is 0 Å². The Morgan fingerprint density at radius 1 is 0.750 bits per heavy atom. The number of ether oxygens (including phenoxy) is 2. The highest BCUT2D eigenvalue weighted by Crippen LogP contribution is 2.17. The van der Waals surface area contributed by atoms with E-state index in [2.05, 4.69) is 0 Å². The van der Waals surface area contributed by atoms with Crippen molar-refractivity contribution in [3.05, 3.63) is 0 Å². The van der Waals surface area contributed by atoms with Gasteiger partial charge in [0.25, 0.3) is 0 Å². The lowest BCUT2D eigenvalue weighted by molar-refractivity contribution is -0.185. The van der Waals surface area contributed by atoms with Gasteiger partial charge >= 0.3 is 0 Å². The lowest BCUT2D eigenvalue weighted by atomic mass is 9.97. The van der Waals surface area contributed by atoms with Crippen LogP contribution in [0.5, 0.6) is 0 Å². The van der Waals surface area contributed by atoms with Gasteiger partial charge in [0.2, 0.25) is 0 Å². The predicted octanol–water partition coefficient (Wildman–Crippen LogP) is -0.997. The molecule has 0 spiro atoms. The van der Waals surface area contributed by atoms with Crippen molar-refractivity contribution in [3.63, 3.8) is 0 Å². The minimum Gasteiger partial charge on any atom is -0.381 e. The molecule has 0 saturated carbocycles. The van der Waals surface area contributed by atoms with E-state index in [1.807, 2.05) is 0 Å². The fourth-order valence-corrected chi connectivity index (χ4v) is 2.21. The molecular weight excluding hydrogens is 312 g/mol. The molecule has 2 unspecified atom stereocenters. The molecule has 10 N–H and O–H groups in total. The van der Waals surface area contributed by atoms with Crippen LogP contribution in [0.2, 0.25) is 0 Å². The average Bonchev–Trinajstić information content (AvgIpc) is 2.54. The molecule has 0 aromatic heterocycles. The summed E-state index contributed by atoms with van der Waals surface area (Å²) < 4.78 is 10.7. The number of aliphatic hydroxyl groups is 2. The molecule has 0 aliphatic rings. The molecule has 8 heteroatoms. The topological polar surface area (TPSA) is 163 Å². The van der Waals surface area contributed by atoms with Gasteiger partial charge in [-0.3, -0.25) is 0 Å². The number of nitrogens with two attached hydrogens (primary N) is 4. The van der Waals surface area contributed by atoms with Crippen LogP contribution in [-0.4, -0.2) is 67.6 Å². The number of hydrogen-bond acceptors (Lipinski definition) is 8. The molecule has 0 aliphatic carbocycles. The Balaban J connectivity index is 3.73. The van der Waals surface area contributed by atoms with Crippen LogP contribution in [0.1, 0.15) is 44.9 Å². The molecule has 0 saturated heterocycles. The zero-order valence-corrected chi connectivity index (χ0v) is 14.9. The van der Waals surface area contributed by atoms with Gasteiger partial charge in [0, 0.05) is 38.9 Å². The van der Waals surface area contributed by atoms with Crippen LogP contribution in [-0.2, 0) is 9.47 Å². The van der Waals surface area contributed by atoms with Crippen molar-refractivity contribution in [2.24, 2.45) is 22.9 Å². The lowest BCUT2D eigenvalue weighted by Crippen LogP contribution is -2.48. The molecule has 0 radical (unpaired) electrons. The van der Waals surface area contributed by atoms with E-state index in [9.17, 15) is 10.2 Å². The van der Waals surface area contributed by atoms with Crippen molar-refractivity contribution in [1.82, 2.24) is 0 Å². The van der Waals surface area contributed by atoms with E-state index in [4.69, 9.17) is 32.4 Å². The average molecular weight is 351 g/mol. The number of rotatable bonds is 17. The van der Waals surface area contributed by atoms with Crippen molar-refractivity contribution in [1.29, 1.82) is 0 Å². The maximum atomic E-state index is 10.0. The smallest absolute Gasteiger partial charge is 0.178 e. The third-order valence-electron chi connectivity index (χ3n) is 3.91. The van der Waals surface area contributed by atoms with Gasteiger partial charge in [0.15, 0.2) is 5.79 Å². The second-order valence-electron chi connectivity index (χ2n) is 6.22. The molecule has 146 valence electrons. The van der Waals surface area contributed by atoms with E-state index in [1.54, 1.807) is 0 Å². The van der Waals surface area contributed by atoms with Gasteiger partial charge in [-0.15, -0.1) is 0 Å². The van der Waals surface area contributed by atoms with E-state index in [1.165, 1.54) is 0 Å². The van der Waals surface area contributed by atoms with Gasteiger partial charge in [0.1, 0.15) is 0 Å². The summed E-state index contributed by atoms with van der Waals surface area (Å²) in [5.41, 5.74) is 22.6. The number of hydrogen-bond donors (Lipinski definition) is 6. The molecule has 0 rings (SSSR count). The molecule has 0 heterocycles. The van der Waals surface area contributed by atoms with E-state index in [0.717, 1.165) is 19.3 Å². The zero-order chi connectivity index (χ0) is 18.3. The van der Waals surface area contributed by atoms with Gasteiger partial charge in [-0.05, 0) is 51.6 Å². The summed E-state index contributed by atoms with van der Waals surface area (Å²) in [6.07, 6.45) is 4.25. The second kappa shape index (κ2) is 15.0. The SMILES string of the molecule is NCCCOCCC(N)CCCC(O)(O)C(N)CCOCCCN. The molecule has 8 nitrogen and oxygen atoms in total. The zero-order valence-electron chi connectivity index (χ0n) is 14.9. The van der Waals surface area contributed by atoms with Crippen LogP contribution < -0.4 is 22.9 Å². The minimum atomic E-state index is -1.89. The molecule has 0 aliphatic heterocycles. The standard InChI is InChI=1S/C16H38N4O4/c17-8-2-10-23-12-5-14(19)4-1-7-16(21,22)15(20)6-13-24-11-3-9-18/h14-15,21-22H,1-13,17-20H2. The summed E-state index contributed by atoms with van der Waals surface area (Å²) in [6.45, 7) is 3.42. The molecule has 0 bridgehead atoms. The third-order valence-corrected chi connectivity index (χ3v) is 3.91. The Bertz CT molecular complexity index is 283. The molecular formula is C16H38N4O4. The summed E-state index contributed by atoms with van der Waals surface area (Å²) >= 11 is 0. The van der Waals surface area contributed by atoms with Crippen molar-refractivity contribution < 1.29 is 19.7 Å². The minimum absolute atomic E-state index is 0.0190. The van der Waals surface area contributed by atoms with Crippen LogP contribution in [0.15, 0.2) is 0 Å². The van der Waals surface area contributed by atoms with Crippen LogP contribution >= 0.6 is 0 Å². The highest BCUT2D eigenvalue weighted by atomic mass is 16.5. The Morgan fingerprint density at radius 2 is 1.29 bits per heavy atom. The first-order chi connectivity index (χ1) is 11.4. The Kier molecular flexibility index (Phi) is 14.8. The quantitative estimate of drug-likeness (QED) is 0.144. The Hall–Kier alpha value is -0.320. The fourth-order valence-electron chi connectivity index (χ4n) is 2.21. The van der Waals surface area contributed by atoms with Crippen LogP contribution in [0.3, 0.4) is 0 Å². The van der Waals surface area contributed by atoms with E-state index < -0.39 is 11.8 Å². The first-order valence-corrected chi connectivity index (χ1v) is 8.95. The predicted molar refractivity (Wildman–Crippen MR) is 95.2 cm³/mol. The first kappa shape index (κ1) is 23.7. The normalized spacial score (nSPS) is 14.8. The molecule has 0 aromatic carbocycles. The van der Waals surface area contributed by atoms with Gasteiger partial charge in [-0.1, -0.05) is 0 Å². The van der Waals surface area contributed by atoms with Crippen LogP contribution in [0.4, 0.5) is 0 Å². The fraction of sp³-hybridized carbons (Fsp3) is 1.00. The first-order valence-electron chi connectivity index (χ1n) is 8.95. The highest BCUT2D eigenvalue weighted by molar-refractivity contribution is 4.79. The maximum Gasteiger partial charge on any atom is 0.178 e. The second-order valence-corrected chi connectivity index (χ2v) is 6.22. The van der Waals surface area contributed by atoms with Crippen molar-refractivity contribution in [2.75, 3.05) is 39.5 Å². The molecule has 0 aromatic rings. The lowest BCUT2D eigenvalue weighted by Gasteiger charge is -2.29. The van der Waals surface area contributed by atoms with Gasteiger partial charge in [-0.2, -0.15) is 0 Å². The monoisotopic (exact) mass is 350 g/mol. The van der Waals surface area contributed by atoms with Gasteiger partial charge in [-0.25, -0.2) is 0 Å². The van der Waals surface area contributed by atoms with Gasteiger partial charge in [0.05, 0.1) is 6.04 Å². The summed E-state index contributed by atoms with van der Waals surface area (Å²) in [5, 5.41) is 20.1. The van der Waals surface area contributed by atoms with E-state index in [0.29, 0.717) is 58.8 Å². The van der Waals surface area contributed by atoms with Crippen molar-refractivity contribution in [3.8, 4) is 0 Å². The molecule has 24 heavy (non-hydrogen) atoms. The van der Waals surface area contributed by atoms with Crippen molar-refractivity contribution in [2.45, 2.75) is 62.8 Å². The van der Waals surface area contributed by atoms with E-state index in [-0.39, 0.29) is 12.5 Å². The maximum absolute atomic E-state index is 10.0. The molecule has 0 amide bonds. The molecule has 2 atom stereocenters. The van der Waals surface area contributed by atoms with Gasteiger partial charge < -0.3 is 42.6 Å². The van der Waals surface area contributed by atoms with Crippen LogP contribution in [0, 0.1) is 0 Å². The Labute approximate surface area is 145 Å².